The molecular formula is C14H18ClN3O2S. The van der Waals surface area contributed by atoms with Crippen molar-refractivity contribution in [2.45, 2.75) is 27.3 Å². The molecule has 1 heterocycles. The van der Waals surface area contributed by atoms with Crippen molar-refractivity contribution in [2.24, 2.45) is 0 Å². The zero-order valence-corrected chi connectivity index (χ0v) is 13.7. The van der Waals surface area contributed by atoms with E-state index in [1.807, 2.05) is 26.8 Å². The second kappa shape index (κ2) is 6.78. The summed E-state index contributed by atoms with van der Waals surface area (Å²) in [5.74, 6) is -0.235. The van der Waals surface area contributed by atoms with Gasteiger partial charge in [0, 0.05) is 21.9 Å². The standard InChI is InChI=1S/C14H17N3O2S.ClH/c1-8-4-5-11(15)6-12(8)16-13(18)7-17-9(2)10(3)20-14(17)19;/h4-6H,7,15H2,1-3H3,(H,16,18);1H. The van der Waals surface area contributed by atoms with Crippen LogP contribution >= 0.6 is 23.7 Å². The molecule has 21 heavy (non-hydrogen) atoms. The topological polar surface area (TPSA) is 77.1 Å². The van der Waals surface area contributed by atoms with Gasteiger partial charge in [-0.1, -0.05) is 17.4 Å². The second-order valence-electron chi connectivity index (χ2n) is 4.72. The van der Waals surface area contributed by atoms with Gasteiger partial charge in [0.15, 0.2) is 0 Å². The van der Waals surface area contributed by atoms with Crippen LogP contribution in [0.3, 0.4) is 0 Å². The molecule has 3 N–H and O–H groups in total. The number of carbonyl (C=O) groups excluding carboxylic acids is 1. The first-order valence-electron chi connectivity index (χ1n) is 6.21. The van der Waals surface area contributed by atoms with E-state index in [4.69, 9.17) is 5.73 Å². The first-order chi connectivity index (χ1) is 9.38. The van der Waals surface area contributed by atoms with Crippen LogP contribution in [-0.4, -0.2) is 10.5 Å². The summed E-state index contributed by atoms with van der Waals surface area (Å²) < 4.78 is 1.48. The Balaban J connectivity index is 0.00000220. The Hall–Kier alpha value is -1.79. The maximum atomic E-state index is 12.1. The predicted molar refractivity (Wildman–Crippen MR) is 89.5 cm³/mol. The van der Waals surface area contributed by atoms with Crippen molar-refractivity contribution in [2.75, 3.05) is 11.1 Å². The number of hydrogen-bond donors (Lipinski definition) is 2. The highest BCUT2D eigenvalue weighted by atomic mass is 35.5. The predicted octanol–water partition coefficient (Wildman–Crippen LogP) is 2.48. The number of carbonyl (C=O) groups is 1. The monoisotopic (exact) mass is 327 g/mol. The summed E-state index contributed by atoms with van der Waals surface area (Å²) in [6.07, 6.45) is 0. The Morgan fingerprint density at radius 2 is 2.00 bits per heavy atom. The molecule has 0 bridgehead atoms. The minimum absolute atomic E-state index is 0. The van der Waals surface area contributed by atoms with E-state index >= 15 is 0 Å². The van der Waals surface area contributed by atoms with E-state index in [1.165, 1.54) is 4.57 Å². The zero-order chi connectivity index (χ0) is 14.9. The Kier molecular flexibility index (Phi) is 5.57. The third kappa shape index (κ3) is 3.86. The number of amides is 1. The average Bonchev–Trinajstić information content (AvgIpc) is 2.61. The maximum Gasteiger partial charge on any atom is 0.308 e. The van der Waals surface area contributed by atoms with Crippen LogP contribution < -0.4 is 15.9 Å². The highest BCUT2D eigenvalue weighted by Gasteiger charge is 2.12. The van der Waals surface area contributed by atoms with E-state index in [2.05, 4.69) is 5.32 Å². The Morgan fingerprint density at radius 3 is 2.57 bits per heavy atom. The summed E-state index contributed by atoms with van der Waals surface area (Å²) in [5, 5.41) is 2.79. The van der Waals surface area contributed by atoms with E-state index in [1.54, 1.807) is 12.1 Å². The molecule has 114 valence electrons. The minimum Gasteiger partial charge on any atom is -0.399 e. The van der Waals surface area contributed by atoms with Crippen molar-refractivity contribution in [3.63, 3.8) is 0 Å². The van der Waals surface area contributed by atoms with Gasteiger partial charge in [-0.2, -0.15) is 0 Å². The third-order valence-corrected chi connectivity index (χ3v) is 4.21. The molecule has 2 rings (SSSR count). The number of nitrogens with zero attached hydrogens (tertiary/aromatic N) is 1. The molecular weight excluding hydrogens is 310 g/mol. The van der Waals surface area contributed by atoms with E-state index in [-0.39, 0.29) is 29.7 Å². The van der Waals surface area contributed by atoms with Gasteiger partial charge in [-0.05, 0) is 38.5 Å². The summed E-state index contributed by atoms with van der Waals surface area (Å²) in [7, 11) is 0. The molecule has 0 aliphatic rings. The van der Waals surface area contributed by atoms with Crippen molar-refractivity contribution in [1.29, 1.82) is 0 Å². The molecule has 0 aliphatic carbocycles. The second-order valence-corrected chi connectivity index (χ2v) is 5.88. The molecule has 0 spiro atoms. The number of thiazole rings is 1. The van der Waals surface area contributed by atoms with Crippen LogP contribution in [0.4, 0.5) is 11.4 Å². The van der Waals surface area contributed by atoms with Crippen molar-refractivity contribution < 1.29 is 4.79 Å². The highest BCUT2D eigenvalue weighted by Crippen LogP contribution is 2.18. The number of nitrogens with two attached hydrogens (primary N) is 1. The van der Waals surface area contributed by atoms with Gasteiger partial charge in [0.2, 0.25) is 5.91 Å². The fourth-order valence-electron chi connectivity index (χ4n) is 1.88. The lowest BCUT2D eigenvalue weighted by atomic mass is 10.2. The van der Waals surface area contributed by atoms with Crippen LogP contribution in [0.15, 0.2) is 23.0 Å². The molecule has 7 heteroatoms. The smallest absolute Gasteiger partial charge is 0.308 e. The van der Waals surface area contributed by atoms with Gasteiger partial charge in [-0.15, -0.1) is 12.4 Å². The SMILES string of the molecule is Cc1ccc(N)cc1NC(=O)Cn1c(C)c(C)sc1=O.Cl. The fraction of sp³-hybridized carbons (Fsp3) is 0.286. The summed E-state index contributed by atoms with van der Waals surface area (Å²) in [4.78, 5) is 24.6. The molecule has 0 saturated carbocycles. The lowest BCUT2D eigenvalue weighted by Crippen LogP contribution is -2.25. The number of benzene rings is 1. The third-order valence-electron chi connectivity index (χ3n) is 3.21. The van der Waals surface area contributed by atoms with Crippen LogP contribution in [0.2, 0.25) is 0 Å². The molecule has 5 nitrogen and oxygen atoms in total. The quantitative estimate of drug-likeness (QED) is 0.850. The van der Waals surface area contributed by atoms with E-state index in [9.17, 15) is 9.59 Å². The number of hydrogen-bond acceptors (Lipinski definition) is 4. The van der Waals surface area contributed by atoms with Gasteiger partial charge in [0.1, 0.15) is 6.54 Å². The van der Waals surface area contributed by atoms with Crippen LogP contribution in [0.1, 0.15) is 16.1 Å². The van der Waals surface area contributed by atoms with Gasteiger partial charge in [-0.3, -0.25) is 14.2 Å². The van der Waals surface area contributed by atoms with Crippen LogP contribution in [0, 0.1) is 20.8 Å². The first kappa shape index (κ1) is 17.3. The number of aryl methyl sites for hydroxylation is 2. The van der Waals surface area contributed by atoms with Crippen molar-refractivity contribution in [1.82, 2.24) is 4.57 Å². The summed E-state index contributed by atoms with van der Waals surface area (Å²) in [5.41, 5.74) is 8.73. The average molecular weight is 328 g/mol. The number of anilines is 2. The molecule has 0 saturated heterocycles. The van der Waals surface area contributed by atoms with Crippen molar-refractivity contribution in [3.8, 4) is 0 Å². The Bertz CT molecular complexity index is 721. The lowest BCUT2D eigenvalue weighted by Gasteiger charge is -2.10. The number of halogens is 1. The van der Waals surface area contributed by atoms with Crippen molar-refractivity contribution in [3.05, 3.63) is 44.0 Å². The molecule has 0 atom stereocenters. The van der Waals surface area contributed by atoms with E-state index < -0.39 is 0 Å². The molecule has 0 aliphatic heterocycles. The molecule has 0 radical (unpaired) electrons. The lowest BCUT2D eigenvalue weighted by molar-refractivity contribution is -0.116. The fourth-order valence-corrected chi connectivity index (χ4v) is 2.71. The number of rotatable bonds is 3. The zero-order valence-electron chi connectivity index (χ0n) is 12.1. The van der Waals surface area contributed by atoms with E-state index in [0.717, 1.165) is 27.5 Å². The van der Waals surface area contributed by atoms with Gasteiger partial charge < -0.3 is 11.1 Å². The molecule has 1 amide bonds. The normalized spacial score (nSPS) is 10.0. The summed E-state index contributed by atoms with van der Waals surface area (Å²) in [6.45, 7) is 5.62. The van der Waals surface area contributed by atoms with Crippen LogP contribution in [0.25, 0.3) is 0 Å². The van der Waals surface area contributed by atoms with Gasteiger partial charge >= 0.3 is 4.87 Å². The van der Waals surface area contributed by atoms with Gasteiger partial charge in [-0.25, -0.2) is 0 Å². The molecule has 2 aromatic rings. The minimum atomic E-state index is -0.235. The van der Waals surface area contributed by atoms with E-state index in [0.29, 0.717) is 11.4 Å². The van der Waals surface area contributed by atoms with Gasteiger partial charge in [0.05, 0.1) is 0 Å². The number of aromatic nitrogens is 1. The van der Waals surface area contributed by atoms with Crippen LogP contribution in [-0.2, 0) is 11.3 Å². The first-order valence-corrected chi connectivity index (χ1v) is 7.03. The number of nitrogen functional groups attached to an aromatic ring is 1. The van der Waals surface area contributed by atoms with Gasteiger partial charge in [0.25, 0.3) is 0 Å². The Morgan fingerprint density at radius 1 is 1.33 bits per heavy atom. The molecule has 1 aromatic carbocycles. The summed E-state index contributed by atoms with van der Waals surface area (Å²) >= 11 is 1.16. The largest absolute Gasteiger partial charge is 0.399 e. The Labute approximate surface area is 133 Å². The number of nitrogens with one attached hydrogen (secondary N) is 1. The maximum absolute atomic E-state index is 12.1. The highest BCUT2D eigenvalue weighted by molar-refractivity contribution is 7.09. The molecule has 1 aromatic heterocycles. The van der Waals surface area contributed by atoms with Crippen LogP contribution in [0.5, 0.6) is 0 Å². The molecule has 0 fully saturated rings. The van der Waals surface area contributed by atoms with Crippen molar-refractivity contribution >= 4 is 41.0 Å². The summed E-state index contributed by atoms with van der Waals surface area (Å²) in [6, 6.07) is 5.33. The molecule has 0 unspecified atom stereocenters.